The fourth-order valence-corrected chi connectivity index (χ4v) is 2.47. The number of amides is 1. The first-order valence-corrected chi connectivity index (χ1v) is 8.60. The van der Waals surface area contributed by atoms with Gasteiger partial charge in [0.05, 0.1) is 7.11 Å². The lowest BCUT2D eigenvalue weighted by Gasteiger charge is -2.16. The number of nitrogens with zero attached hydrogens (tertiary/aromatic N) is 3. The van der Waals surface area contributed by atoms with Crippen molar-refractivity contribution >= 4 is 11.7 Å². The minimum absolute atomic E-state index is 0.217. The molecule has 0 bridgehead atoms. The Morgan fingerprint density at radius 3 is 2.68 bits per heavy atom. The maximum Gasteiger partial charge on any atom is 0.271 e. The zero-order chi connectivity index (χ0) is 18.1. The molecule has 25 heavy (non-hydrogen) atoms. The van der Waals surface area contributed by atoms with Crippen molar-refractivity contribution in [2.24, 2.45) is 0 Å². The molecule has 0 spiro atoms. The van der Waals surface area contributed by atoms with Crippen LogP contribution in [0.2, 0.25) is 0 Å². The molecule has 0 atom stereocenters. The van der Waals surface area contributed by atoms with E-state index in [-0.39, 0.29) is 5.91 Å². The summed E-state index contributed by atoms with van der Waals surface area (Å²) in [6.45, 7) is 3.59. The van der Waals surface area contributed by atoms with Gasteiger partial charge in [-0.15, -0.1) is 10.2 Å². The molecule has 6 heteroatoms. The SMILES string of the molecule is CCCCN(C)c1ccc(C(=O)NCCc2ccccc2OC)nn1. The Morgan fingerprint density at radius 1 is 1.20 bits per heavy atom. The number of methoxy groups -OCH3 is 1. The van der Waals surface area contributed by atoms with Crippen molar-refractivity contribution in [1.29, 1.82) is 0 Å². The topological polar surface area (TPSA) is 67.4 Å². The Kier molecular flexibility index (Phi) is 7.19. The summed E-state index contributed by atoms with van der Waals surface area (Å²) < 4.78 is 5.31. The van der Waals surface area contributed by atoms with Gasteiger partial charge in [0.15, 0.2) is 11.5 Å². The molecule has 2 aromatic rings. The second-order valence-corrected chi connectivity index (χ2v) is 5.87. The Morgan fingerprint density at radius 2 is 2.00 bits per heavy atom. The number of carbonyl (C=O) groups excluding carboxylic acids is 1. The molecule has 0 aliphatic rings. The summed E-state index contributed by atoms with van der Waals surface area (Å²) in [5.41, 5.74) is 1.39. The molecule has 2 rings (SSSR count). The van der Waals surface area contributed by atoms with Crippen LogP contribution in [0.1, 0.15) is 35.8 Å². The molecule has 1 aromatic carbocycles. The van der Waals surface area contributed by atoms with Gasteiger partial charge in [0.25, 0.3) is 5.91 Å². The summed E-state index contributed by atoms with van der Waals surface area (Å²) in [5, 5.41) is 11.1. The Bertz CT molecular complexity index is 673. The van der Waals surface area contributed by atoms with Crippen LogP contribution in [-0.2, 0) is 6.42 Å². The Hall–Kier alpha value is -2.63. The van der Waals surface area contributed by atoms with Crippen LogP contribution < -0.4 is 15.0 Å². The summed E-state index contributed by atoms with van der Waals surface area (Å²) in [6.07, 6.45) is 2.93. The number of unbranched alkanes of at least 4 members (excludes halogenated alkanes) is 1. The fourth-order valence-electron chi connectivity index (χ4n) is 2.47. The van der Waals surface area contributed by atoms with Crippen molar-refractivity contribution < 1.29 is 9.53 Å². The van der Waals surface area contributed by atoms with Crippen molar-refractivity contribution in [2.75, 3.05) is 32.1 Å². The van der Waals surface area contributed by atoms with Gasteiger partial charge in [-0.25, -0.2) is 0 Å². The minimum Gasteiger partial charge on any atom is -0.496 e. The number of ether oxygens (including phenoxy) is 1. The summed E-state index contributed by atoms with van der Waals surface area (Å²) in [6, 6.07) is 11.3. The second kappa shape index (κ2) is 9.61. The lowest BCUT2D eigenvalue weighted by Crippen LogP contribution is -2.27. The lowest BCUT2D eigenvalue weighted by molar-refractivity contribution is 0.0948. The zero-order valence-corrected chi connectivity index (χ0v) is 15.2. The second-order valence-electron chi connectivity index (χ2n) is 5.87. The van der Waals surface area contributed by atoms with Gasteiger partial charge in [0.2, 0.25) is 0 Å². The van der Waals surface area contributed by atoms with Crippen molar-refractivity contribution in [2.45, 2.75) is 26.2 Å². The summed E-state index contributed by atoms with van der Waals surface area (Å²) >= 11 is 0. The van der Waals surface area contributed by atoms with Gasteiger partial charge < -0.3 is 15.0 Å². The van der Waals surface area contributed by atoms with E-state index in [4.69, 9.17) is 4.74 Å². The molecule has 1 heterocycles. The normalized spacial score (nSPS) is 10.4. The predicted molar refractivity (Wildman–Crippen MR) is 99.2 cm³/mol. The molecule has 0 radical (unpaired) electrons. The third kappa shape index (κ3) is 5.45. The first-order chi connectivity index (χ1) is 12.2. The highest BCUT2D eigenvalue weighted by Crippen LogP contribution is 2.17. The largest absolute Gasteiger partial charge is 0.496 e. The highest BCUT2D eigenvalue weighted by Gasteiger charge is 2.10. The molecule has 0 saturated carbocycles. The van der Waals surface area contributed by atoms with Crippen LogP contribution in [0, 0.1) is 0 Å². The number of aromatic nitrogens is 2. The summed E-state index contributed by atoms with van der Waals surface area (Å²) in [7, 11) is 3.62. The quantitative estimate of drug-likeness (QED) is 0.759. The molecule has 1 N–H and O–H groups in total. The molecule has 1 amide bonds. The number of anilines is 1. The number of hydrogen-bond donors (Lipinski definition) is 1. The number of hydrogen-bond acceptors (Lipinski definition) is 5. The third-order valence-corrected chi connectivity index (χ3v) is 3.99. The summed E-state index contributed by atoms with van der Waals surface area (Å²) in [5.74, 6) is 1.39. The number of carbonyl (C=O) groups is 1. The van der Waals surface area contributed by atoms with E-state index in [2.05, 4.69) is 22.4 Å². The molecule has 6 nitrogen and oxygen atoms in total. The van der Waals surface area contributed by atoms with E-state index in [1.54, 1.807) is 13.2 Å². The summed E-state index contributed by atoms with van der Waals surface area (Å²) in [4.78, 5) is 14.2. The van der Waals surface area contributed by atoms with E-state index < -0.39 is 0 Å². The smallest absolute Gasteiger partial charge is 0.271 e. The van der Waals surface area contributed by atoms with Gasteiger partial charge >= 0.3 is 0 Å². The first-order valence-electron chi connectivity index (χ1n) is 8.60. The number of nitrogens with one attached hydrogen (secondary N) is 1. The third-order valence-electron chi connectivity index (χ3n) is 3.99. The molecular formula is C19H26N4O2. The van der Waals surface area contributed by atoms with Crippen LogP contribution in [-0.4, -0.2) is 43.4 Å². The molecule has 1 aromatic heterocycles. The molecule has 0 aliphatic carbocycles. The van der Waals surface area contributed by atoms with Crippen molar-refractivity contribution in [3.05, 3.63) is 47.7 Å². The molecular weight excluding hydrogens is 316 g/mol. The van der Waals surface area contributed by atoms with Gasteiger partial charge in [0, 0.05) is 20.1 Å². The minimum atomic E-state index is -0.217. The highest BCUT2D eigenvalue weighted by molar-refractivity contribution is 5.92. The molecule has 0 fully saturated rings. The molecule has 0 saturated heterocycles. The number of benzene rings is 1. The average molecular weight is 342 g/mol. The zero-order valence-electron chi connectivity index (χ0n) is 15.2. The number of rotatable bonds is 9. The predicted octanol–water partition coefficient (Wildman–Crippen LogP) is 2.69. The Labute approximate surface area is 149 Å². The van der Waals surface area contributed by atoms with Crippen molar-refractivity contribution in [1.82, 2.24) is 15.5 Å². The first kappa shape index (κ1) is 18.7. The maximum absolute atomic E-state index is 12.2. The van der Waals surface area contributed by atoms with Gasteiger partial charge in [-0.3, -0.25) is 4.79 Å². The molecule has 134 valence electrons. The van der Waals surface area contributed by atoms with Crippen LogP contribution in [0.5, 0.6) is 5.75 Å². The van der Waals surface area contributed by atoms with Gasteiger partial charge in [-0.2, -0.15) is 0 Å². The fraction of sp³-hybridized carbons (Fsp3) is 0.421. The maximum atomic E-state index is 12.2. The van der Waals surface area contributed by atoms with E-state index in [0.29, 0.717) is 18.7 Å². The van der Waals surface area contributed by atoms with Crippen LogP contribution in [0.4, 0.5) is 5.82 Å². The lowest BCUT2D eigenvalue weighted by atomic mass is 10.1. The molecule has 0 unspecified atom stereocenters. The van der Waals surface area contributed by atoms with E-state index in [1.807, 2.05) is 42.3 Å². The van der Waals surface area contributed by atoms with Crippen LogP contribution in [0.3, 0.4) is 0 Å². The van der Waals surface area contributed by atoms with E-state index >= 15 is 0 Å². The van der Waals surface area contributed by atoms with Crippen LogP contribution in [0.15, 0.2) is 36.4 Å². The van der Waals surface area contributed by atoms with Gasteiger partial charge in [0.1, 0.15) is 5.75 Å². The van der Waals surface area contributed by atoms with Crippen LogP contribution >= 0.6 is 0 Å². The Balaban J connectivity index is 1.86. The van der Waals surface area contributed by atoms with E-state index in [1.165, 1.54) is 0 Å². The van der Waals surface area contributed by atoms with Crippen LogP contribution in [0.25, 0.3) is 0 Å². The van der Waals surface area contributed by atoms with Gasteiger partial charge in [-0.1, -0.05) is 31.5 Å². The van der Waals surface area contributed by atoms with E-state index in [9.17, 15) is 4.79 Å². The monoisotopic (exact) mass is 342 g/mol. The molecule has 0 aliphatic heterocycles. The standard InChI is InChI=1S/C19H26N4O2/c1-4-5-14-23(2)18-11-10-16(21-22-18)19(24)20-13-12-15-8-6-7-9-17(15)25-3/h6-11H,4-5,12-14H2,1-3H3,(H,20,24). The van der Waals surface area contributed by atoms with Crippen molar-refractivity contribution in [3.63, 3.8) is 0 Å². The number of para-hydroxylation sites is 1. The van der Waals surface area contributed by atoms with E-state index in [0.717, 1.165) is 36.5 Å². The van der Waals surface area contributed by atoms with Crippen molar-refractivity contribution in [3.8, 4) is 5.75 Å². The highest BCUT2D eigenvalue weighted by atomic mass is 16.5. The van der Waals surface area contributed by atoms with Gasteiger partial charge in [-0.05, 0) is 36.6 Å². The average Bonchev–Trinajstić information content (AvgIpc) is 2.66.